The quantitative estimate of drug-likeness (QED) is 0.613. The van der Waals surface area contributed by atoms with Crippen LogP contribution >= 0.6 is 0 Å². The topological polar surface area (TPSA) is 0 Å². The summed E-state index contributed by atoms with van der Waals surface area (Å²) in [7, 11) is 0. The van der Waals surface area contributed by atoms with E-state index in [9.17, 15) is 0 Å². The standard InChI is InChI=1S/C14H26/c1-7-11-12-13(11,5)8-10(4)14(12,6)9(2)3/h9-12H,7-8H2,1-6H3. The second-order valence-electron chi connectivity index (χ2n) is 6.62. The molecule has 82 valence electrons. The SMILES string of the molecule is CCC1C2C1(C)CC(C)C2(C)C(C)C. The molecule has 0 radical (unpaired) electrons. The van der Waals surface area contributed by atoms with E-state index in [1.165, 1.54) is 12.8 Å². The first kappa shape index (κ1) is 10.5. The molecule has 2 fully saturated rings. The minimum Gasteiger partial charge on any atom is -0.0651 e. The lowest BCUT2D eigenvalue weighted by Crippen LogP contribution is -2.31. The molecule has 0 amide bonds. The molecule has 2 aliphatic carbocycles. The summed E-state index contributed by atoms with van der Waals surface area (Å²) in [5.41, 5.74) is 1.34. The molecule has 0 aliphatic heterocycles. The molecule has 14 heavy (non-hydrogen) atoms. The van der Waals surface area contributed by atoms with Gasteiger partial charge in [0.25, 0.3) is 0 Å². The molecule has 0 aromatic carbocycles. The van der Waals surface area contributed by atoms with Crippen LogP contribution in [0.15, 0.2) is 0 Å². The third-order valence-corrected chi connectivity index (χ3v) is 6.01. The Labute approximate surface area is 89.5 Å². The molecule has 0 saturated heterocycles. The van der Waals surface area contributed by atoms with Crippen LogP contribution in [-0.4, -0.2) is 0 Å². The van der Waals surface area contributed by atoms with Gasteiger partial charge >= 0.3 is 0 Å². The Hall–Kier alpha value is 0. The third-order valence-electron chi connectivity index (χ3n) is 6.01. The van der Waals surface area contributed by atoms with Gasteiger partial charge in [-0.15, -0.1) is 0 Å². The van der Waals surface area contributed by atoms with Crippen molar-refractivity contribution in [3.8, 4) is 0 Å². The first-order valence-corrected chi connectivity index (χ1v) is 6.39. The summed E-state index contributed by atoms with van der Waals surface area (Å²) < 4.78 is 0. The van der Waals surface area contributed by atoms with Gasteiger partial charge in [0.1, 0.15) is 0 Å². The monoisotopic (exact) mass is 194 g/mol. The molecule has 0 heteroatoms. The molecule has 0 bridgehead atoms. The van der Waals surface area contributed by atoms with Crippen molar-refractivity contribution in [3.63, 3.8) is 0 Å². The predicted octanol–water partition coefficient (Wildman–Crippen LogP) is 4.35. The largest absolute Gasteiger partial charge is 0.0651 e. The molecule has 2 saturated carbocycles. The smallest absolute Gasteiger partial charge is 0.0240 e. The van der Waals surface area contributed by atoms with Gasteiger partial charge in [0.15, 0.2) is 0 Å². The van der Waals surface area contributed by atoms with Gasteiger partial charge in [0.2, 0.25) is 0 Å². The second kappa shape index (κ2) is 2.77. The molecule has 5 unspecified atom stereocenters. The van der Waals surface area contributed by atoms with Crippen molar-refractivity contribution in [3.05, 3.63) is 0 Å². The average Bonchev–Trinajstić information content (AvgIpc) is 2.61. The molecule has 0 N–H and O–H groups in total. The molecule has 2 rings (SSSR count). The highest BCUT2D eigenvalue weighted by atomic mass is 14.8. The Bertz CT molecular complexity index is 242. The molecular formula is C14H26. The first-order valence-electron chi connectivity index (χ1n) is 6.39. The third kappa shape index (κ3) is 0.955. The van der Waals surface area contributed by atoms with Gasteiger partial charge in [-0.05, 0) is 40.9 Å². The van der Waals surface area contributed by atoms with E-state index in [0.717, 1.165) is 23.7 Å². The fraction of sp³-hybridized carbons (Fsp3) is 1.00. The van der Waals surface area contributed by atoms with Crippen molar-refractivity contribution in [1.82, 2.24) is 0 Å². The van der Waals surface area contributed by atoms with Crippen LogP contribution in [0.2, 0.25) is 0 Å². The van der Waals surface area contributed by atoms with Crippen molar-refractivity contribution < 1.29 is 0 Å². The van der Waals surface area contributed by atoms with Crippen molar-refractivity contribution >= 4 is 0 Å². The van der Waals surface area contributed by atoms with Gasteiger partial charge in [-0.2, -0.15) is 0 Å². The van der Waals surface area contributed by atoms with Gasteiger partial charge in [-0.25, -0.2) is 0 Å². The van der Waals surface area contributed by atoms with E-state index in [4.69, 9.17) is 0 Å². The van der Waals surface area contributed by atoms with Gasteiger partial charge < -0.3 is 0 Å². The minimum atomic E-state index is 0.620. The van der Waals surface area contributed by atoms with E-state index < -0.39 is 0 Å². The first-order chi connectivity index (χ1) is 6.39. The zero-order valence-electron chi connectivity index (χ0n) is 10.7. The normalized spacial score (nSPS) is 56.4. The molecule has 0 aromatic rings. The van der Waals surface area contributed by atoms with Crippen molar-refractivity contribution in [2.45, 2.75) is 54.4 Å². The molecular weight excluding hydrogens is 168 g/mol. The summed E-state index contributed by atoms with van der Waals surface area (Å²) in [6.45, 7) is 14.8. The summed E-state index contributed by atoms with van der Waals surface area (Å²) in [5, 5.41) is 0. The second-order valence-corrected chi connectivity index (χ2v) is 6.62. The maximum Gasteiger partial charge on any atom is -0.0240 e. The molecule has 0 nitrogen and oxygen atoms in total. The van der Waals surface area contributed by atoms with Crippen LogP contribution in [0.25, 0.3) is 0 Å². The zero-order valence-corrected chi connectivity index (χ0v) is 10.7. The van der Waals surface area contributed by atoms with Crippen molar-refractivity contribution in [2.24, 2.45) is 34.5 Å². The lowest BCUT2D eigenvalue weighted by Gasteiger charge is -2.37. The summed E-state index contributed by atoms with van der Waals surface area (Å²) in [6, 6.07) is 0. The van der Waals surface area contributed by atoms with Gasteiger partial charge in [0, 0.05) is 0 Å². The predicted molar refractivity (Wildman–Crippen MR) is 62.1 cm³/mol. The summed E-state index contributed by atoms with van der Waals surface area (Å²) in [5.74, 6) is 3.84. The van der Waals surface area contributed by atoms with E-state index >= 15 is 0 Å². The lowest BCUT2D eigenvalue weighted by molar-refractivity contribution is 0.110. The Morgan fingerprint density at radius 1 is 1.29 bits per heavy atom. The van der Waals surface area contributed by atoms with Crippen LogP contribution < -0.4 is 0 Å². The van der Waals surface area contributed by atoms with Gasteiger partial charge in [-0.3, -0.25) is 0 Å². The highest BCUT2D eigenvalue weighted by Crippen LogP contribution is 2.78. The van der Waals surface area contributed by atoms with Crippen LogP contribution in [-0.2, 0) is 0 Å². The Morgan fingerprint density at radius 3 is 2.29 bits per heavy atom. The van der Waals surface area contributed by atoms with Crippen LogP contribution in [0.3, 0.4) is 0 Å². The maximum absolute atomic E-state index is 2.55. The maximum atomic E-state index is 2.55. The van der Waals surface area contributed by atoms with Crippen LogP contribution in [0.1, 0.15) is 54.4 Å². The highest BCUT2D eigenvalue weighted by Gasteiger charge is 2.73. The lowest BCUT2D eigenvalue weighted by atomic mass is 9.67. The fourth-order valence-corrected chi connectivity index (χ4v) is 4.90. The summed E-state index contributed by atoms with van der Waals surface area (Å²) in [4.78, 5) is 0. The highest BCUT2D eigenvalue weighted by molar-refractivity contribution is 5.20. The van der Waals surface area contributed by atoms with E-state index in [0.29, 0.717) is 10.8 Å². The van der Waals surface area contributed by atoms with Crippen LogP contribution in [0.4, 0.5) is 0 Å². The van der Waals surface area contributed by atoms with E-state index in [-0.39, 0.29) is 0 Å². The van der Waals surface area contributed by atoms with Crippen LogP contribution in [0.5, 0.6) is 0 Å². The van der Waals surface area contributed by atoms with Gasteiger partial charge in [-0.1, -0.05) is 48.0 Å². The minimum absolute atomic E-state index is 0.620. The molecule has 2 aliphatic rings. The number of rotatable bonds is 2. The molecule has 0 aromatic heterocycles. The number of fused-ring (bicyclic) bond motifs is 1. The Balaban J connectivity index is 2.28. The van der Waals surface area contributed by atoms with Crippen molar-refractivity contribution in [1.29, 1.82) is 0 Å². The summed E-state index contributed by atoms with van der Waals surface area (Å²) >= 11 is 0. The van der Waals surface area contributed by atoms with Crippen molar-refractivity contribution in [2.75, 3.05) is 0 Å². The molecule has 0 heterocycles. The molecule has 5 atom stereocenters. The fourth-order valence-electron chi connectivity index (χ4n) is 4.90. The average molecular weight is 194 g/mol. The van der Waals surface area contributed by atoms with Gasteiger partial charge in [0.05, 0.1) is 0 Å². The summed E-state index contributed by atoms with van der Waals surface area (Å²) in [6.07, 6.45) is 2.88. The Kier molecular flexibility index (Phi) is 2.08. The van der Waals surface area contributed by atoms with Crippen LogP contribution in [0, 0.1) is 34.5 Å². The van der Waals surface area contributed by atoms with E-state index in [1.807, 2.05) is 0 Å². The Morgan fingerprint density at radius 2 is 1.86 bits per heavy atom. The van der Waals surface area contributed by atoms with E-state index in [1.54, 1.807) is 0 Å². The number of hydrogen-bond acceptors (Lipinski definition) is 0. The molecule has 0 spiro atoms. The number of hydrogen-bond donors (Lipinski definition) is 0. The van der Waals surface area contributed by atoms with E-state index in [2.05, 4.69) is 41.5 Å². The zero-order chi connectivity index (χ0) is 10.7.